The zero-order valence-electron chi connectivity index (χ0n) is 19.1. The third kappa shape index (κ3) is 4.72. The van der Waals surface area contributed by atoms with E-state index in [1.165, 1.54) is 32.4 Å². The molecule has 0 saturated carbocycles. The molecule has 2 aromatic carbocycles. The molecule has 7 heteroatoms. The fourth-order valence-electron chi connectivity index (χ4n) is 4.28. The highest BCUT2D eigenvalue weighted by molar-refractivity contribution is 5.82. The van der Waals surface area contributed by atoms with E-state index in [9.17, 15) is 4.79 Å². The van der Waals surface area contributed by atoms with Crippen LogP contribution in [0.3, 0.4) is 0 Å². The molecule has 7 nitrogen and oxygen atoms in total. The minimum Gasteiger partial charge on any atom is -0.494 e. The summed E-state index contributed by atoms with van der Waals surface area (Å²) in [6.45, 7) is 6.02. The third-order valence-corrected chi connectivity index (χ3v) is 5.97. The Bertz CT molecular complexity index is 1120. The summed E-state index contributed by atoms with van der Waals surface area (Å²) in [6, 6.07) is 11.0. The lowest BCUT2D eigenvalue weighted by molar-refractivity contribution is 0.205. The number of likely N-dealkylation sites (tertiary alicyclic amines) is 1. The molecule has 0 spiro atoms. The highest BCUT2D eigenvalue weighted by Crippen LogP contribution is 2.30. The monoisotopic (exact) mass is 437 g/mol. The lowest BCUT2D eigenvalue weighted by atomic mass is 10.1. The minimum absolute atomic E-state index is 0.149. The van der Waals surface area contributed by atoms with Crippen molar-refractivity contribution >= 4 is 10.9 Å². The highest BCUT2D eigenvalue weighted by Gasteiger charge is 2.14. The smallest absolute Gasteiger partial charge is 0.266 e. The SMILES string of the molecule is COc1cc2nc(C)n(-c3ccc(OCCCN4CCCCC4)cc3)c(=O)c2cc1OC. The molecule has 0 aliphatic carbocycles. The zero-order valence-corrected chi connectivity index (χ0v) is 19.1. The second-order valence-electron chi connectivity index (χ2n) is 8.12. The van der Waals surface area contributed by atoms with E-state index in [-0.39, 0.29) is 5.56 Å². The highest BCUT2D eigenvalue weighted by atomic mass is 16.5. The van der Waals surface area contributed by atoms with Gasteiger partial charge in [-0.2, -0.15) is 0 Å². The average Bonchev–Trinajstić information content (AvgIpc) is 2.82. The van der Waals surface area contributed by atoms with Crippen molar-refractivity contribution in [3.63, 3.8) is 0 Å². The molecule has 0 N–H and O–H groups in total. The Hall–Kier alpha value is -3.06. The van der Waals surface area contributed by atoms with Crippen molar-refractivity contribution < 1.29 is 14.2 Å². The second-order valence-corrected chi connectivity index (χ2v) is 8.12. The van der Waals surface area contributed by atoms with Crippen molar-refractivity contribution in [2.24, 2.45) is 0 Å². The van der Waals surface area contributed by atoms with Crippen LogP contribution in [0.25, 0.3) is 16.6 Å². The van der Waals surface area contributed by atoms with Gasteiger partial charge in [-0.3, -0.25) is 9.36 Å². The quantitative estimate of drug-likeness (QED) is 0.497. The molecule has 4 rings (SSSR count). The van der Waals surface area contributed by atoms with E-state index in [0.29, 0.717) is 34.8 Å². The summed E-state index contributed by atoms with van der Waals surface area (Å²) in [4.78, 5) is 20.4. The number of nitrogens with zero attached hydrogens (tertiary/aromatic N) is 3. The van der Waals surface area contributed by atoms with Gasteiger partial charge in [-0.25, -0.2) is 4.98 Å². The van der Waals surface area contributed by atoms with Gasteiger partial charge in [0.05, 0.1) is 37.4 Å². The zero-order chi connectivity index (χ0) is 22.5. The number of hydrogen-bond acceptors (Lipinski definition) is 6. The van der Waals surface area contributed by atoms with Crippen LogP contribution in [-0.4, -0.2) is 54.9 Å². The number of ether oxygens (including phenoxy) is 3. The first-order chi connectivity index (χ1) is 15.6. The van der Waals surface area contributed by atoms with Crippen molar-refractivity contribution in [2.75, 3.05) is 40.5 Å². The number of fused-ring (bicyclic) bond motifs is 1. The fraction of sp³-hybridized carbons (Fsp3) is 0.440. The van der Waals surface area contributed by atoms with Gasteiger partial charge in [0.25, 0.3) is 5.56 Å². The van der Waals surface area contributed by atoms with E-state index in [0.717, 1.165) is 24.4 Å². The van der Waals surface area contributed by atoms with Gasteiger partial charge < -0.3 is 19.1 Å². The molecule has 1 aliphatic rings. The number of piperidine rings is 1. The van der Waals surface area contributed by atoms with Crippen LogP contribution in [0.1, 0.15) is 31.5 Å². The number of methoxy groups -OCH3 is 2. The first-order valence-corrected chi connectivity index (χ1v) is 11.2. The van der Waals surface area contributed by atoms with E-state index in [1.54, 1.807) is 30.9 Å². The Balaban J connectivity index is 1.49. The van der Waals surface area contributed by atoms with Crippen LogP contribution in [0.4, 0.5) is 0 Å². The largest absolute Gasteiger partial charge is 0.494 e. The Labute approximate surface area is 188 Å². The first-order valence-electron chi connectivity index (χ1n) is 11.2. The normalized spacial score (nSPS) is 14.5. The van der Waals surface area contributed by atoms with Gasteiger partial charge in [-0.15, -0.1) is 0 Å². The molecular formula is C25H31N3O4. The molecular weight excluding hydrogens is 406 g/mol. The summed E-state index contributed by atoms with van der Waals surface area (Å²) < 4.78 is 18.2. The molecule has 3 aromatic rings. The molecule has 0 bridgehead atoms. The maximum absolute atomic E-state index is 13.3. The van der Waals surface area contributed by atoms with E-state index in [4.69, 9.17) is 14.2 Å². The lowest BCUT2D eigenvalue weighted by Crippen LogP contribution is -2.31. The van der Waals surface area contributed by atoms with Crippen LogP contribution in [0.15, 0.2) is 41.2 Å². The number of aromatic nitrogens is 2. The van der Waals surface area contributed by atoms with E-state index in [1.807, 2.05) is 31.2 Å². The summed E-state index contributed by atoms with van der Waals surface area (Å²) in [5.74, 6) is 2.46. The molecule has 0 radical (unpaired) electrons. The van der Waals surface area contributed by atoms with Crippen LogP contribution in [0.2, 0.25) is 0 Å². The van der Waals surface area contributed by atoms with Gasteiger partial charge in [0.1, 0.15) is 11.6 Å². The van der Waals surface area contributed by atoms with Crippen LogP contribution >= 0.6 is 0 Å². The number of benzene rings is 2. The standard InChI is InChI=1S/C25H31N3O4/c1-18-26-22-17-24(31-3)23(30-2)16-21(22)25(29)28(18)19-8-10-20(11-9-19)32-15-7-14-27-12-5-4-6-13-27/h8-11,16-17H,4-7,12-15H2,1-3H3. The Morgan fingerprint density at radius 2 is 1.66 bits per heavy atom. The molecule has 0 atom stereocenters. The van der Waals surface area contributed by atoms with Crippen molar-refractivity contribution in [1.29, 1.82) is 0 Å². The summed E-state index contributed by atoms with van der Waals surface area (Å²) >= 11 is 0. The topological polar surface area (TPSA) is 65.8 Å². The average molecular weight is 438 g/mol. The Kier molecular flexibility index (Phi) is 6.95. The van der Waals surface area contributed by atoms with Crippen molar-refractivity contribution in [3.8, 4) is 22.9 Å². The van der Waals surface area contributed by atoms with Crippen LogP contribution in [0.5, 0.6) is 17.2 Å². The molecule has 1 saturated heterocycles. The van der Waals surface area contributed by atoms with Gasteiger partial charge >= 0.3 is 0 Å². The lowest BCUT2D eigenvalue weighted by Gasteiger charge is -2.26. The molecule has 1 fully saturated rings. The van der Waals surface area contributed by atoms with Crippen LogP contribution in [0, 0.1) is 6.92 Å². The van der Waals surface area contributed by atoms with Crippen molar-refractivity contribution in [3.05, 3.63) is 52.6 Å². The second kappa shape index (κ2) is 10.0. The Morgan fingerprint density at radius 3 is 2.34 bits per heavy atom. The van der Waals surface area contributed by atoms with Crippen molar-refractivity contribution in [2.45, 2.75) is 32.6 Å². The van der Waals surface area contributed by atoms with Gasteiger partial charge in [0.15, 0.2) is 11.5 Å². The Morgan fingerprint density at radius 1 is 0.969 bits per heavy atom. The van der Waals surface area contributed by atoms with E-state index in [2.05, 4.69) is 9.88 Å². The summed E-state index contributed by atoms with van der Waals surface area (Å²) in [7, 11) is 3.12. The van der Waals surface area contributed by atoms with Gasteiger partial charge in [-0.05, 0) is 69.6 Å². The molecule has 170 valence electrons. The van der Waals surface area contributed by atoms with Crippen LogP contribution in [-0.2, 0) is 0 Å². The maximum atomic E-state index is 13.3. The number of rotatable bonds is 8. The molecule has 32 heavy (non-hydrogen) atoms. The predicted molar refractivity (Wildman–Crippen MR) is 126 cm³/mol. The first kappa shape index (κ1) is 22.1. The summed E-state index contributed by atoms with van der Waals surface area (Å²) in [6.07, 6.45) is 4.99. The summed E-state index contributed by atoms with van der Waals surface area (Å²) in [5.41, 5.74) is 1.18. The molecule has 0 amide bonds. The number of aryl methyl sites for hydroxylation is 1. The summed E-state index contributed by atoms with van der Waals surface area (Å²) in [5, 5.41) is 0.478. The fourth-order valence-corrected chi connectivity index (χ4v) is 4.28. The van der Waals surface area contributed by atoms with Gasteiger partial charge in [0, 0.05) is 12.6 Å². The maximum Gasteiger partial charge on any atom is 0.266 e. The van der Waals surface area contributed by atoms with Crippen LogP contribution < -0.4 is 19.8 Å². The van der Waals surface area contributed by atoms with Gasteiger partial charge in [0.2, 0.25) is 0 Å². The van der Waals surface area contributed by atoms with Crippen molar-refractivity contribution in [1.82, 2.24) is 14.5 Å². The van der Waals surface area contributed by atoms with E-state index >= 15 is 0 Å². The third-order valence-electron chi connectivity index (χ3n) is 5.97. The number of hydrogen-bond donors (Lipinski definition) is 0. The van der Waals surface area contributed by atoms with E-state index < -0.39 is 0 Å². The molecule has 1 aliphatic heterocycles. The minimum atomic E-state index is -0.149. The molecule has 1 aromatic heterocycles. The molecule has 0 unspecified atom stereocenters. The van der Waals surface area contributed by atoms with Gasteiger partial charge in [-0.1, -0.05) is 6.42 Å². The molecule has 2 heterocycles. The predicted octanol–water partition coefficient (Wildman–Crippen LogP) is 3.97.